The van der Waals surface area contributed by atoms with E-state index in [0.717, 1.165) is 18.2 Å². The van der Waals surface area contributed by atoms with Crippen LogP contribution in [-0.2, 0) is 14.3 Å². The van der Waals surface area contributed by atoms with Crippen molar-refractivity contribution in [3.8, 4) is 5.75 Å². The third kappa shape index (κ3) is 5.33. The van der Waals surface area contributed by atoms with E-state index in [4.69, 9.17) is 14.2 Å². The van der Waals surface area contributed by atoms with Gasteiger partial charge in [0.05, 0.1) is 18.3 Å². The van der Waals surface area contributed by atoms with Crippen molar-refractivity contribution < 1.29 is 19.0 Å². The lowest BCUT2D eigenvalue weighted by Crippen LogP contribution is -2.36. The number of carbonyl (C=O) groups is 1. The van der Waals surface area contributed by atoms with E-state index in [1.165, 1.54) is 0 Å². The topological polar surface area (TPSA) is 48.0 Å². The summed E-state index contributed by atoms with van der Waals surface area (Å²) in [5.74, 6) is 0.801. The minimum absolute atomic E-state index is 0.0695. The summed E-state index contributed by atoms with van der Waals surface area (Å²) in [6.45, 7) is 8.42. The van der Waals surface area contributed by atoms with Gasteiger partial charge in [-0.05, 0) is 24.6 Å². The maximum absolute atomic E-state index is 12.3. The van der Waals surface area contributed by atoms with Crippen LogP contribution in [0.5, 0.6) is 5.75 Å². The van der Waals surface area contributed by atoms with Gasteiger partial charge in [-0.1, -0.05) is 31.8 Å². The quantitative estimate of drug-likeness (QED) is 0.388. The Kier molecular flexibility index (Phi) is 6.83. The summed E-state index contributed by atoms with van der Waals surface area (Å²) >= 11 is 0. The lowest BCUT2D eigenvalue weighted by molar-refractivity contribution is -0.117. The first-order valence-electron chi connectivity index (χ1n) is 8.53. The van der Waals surface area contributed by atoms with E-state index in [0.29, 0.717) is 25.4 Å². The van der Waals surface area contributed by atoms with E-state index < -0.39 is 8.07 Å². The van der Waals surface area contributed by atoms with Crippen LogP contribution in [0.15, 0.2) is 24.3 Å². The number of methoxy groups -OCH3 is 1. The molecule has 1 heterocycles. The van der Waals surface area contributed by atoms with Crippen molar-refractivity contribution in [2.75, 3.05) is 32.0 Å². The molecule has 134 valence electrons. The molecule has 1 aliphatic rings. The Morgan fingerprint density at radius 3 is 2.71 bits per heavy atom. The maximum atomic E-state index is 12.3. The van der Waals surface area contributed by atoms with E-state index in [1.807, 2.05) is 24.3 Å². The fourth-order valence-electron chi connectivity index (χ4n) is 2.75. The van der Waals surface area contributed by atoms with Gasteiger partial charge in [0.1, 0.15) is 5.75 Å². The molecule has 1 aromatic carbocycles. The van der Waals surface area contributed by atoms with Crippen LogP contribution in [0.2, 0.25) is 25.7 Å². The molecule has 0 bridgehead atoms. The molecule has 0 aliphatic carbocycles. The predicted octanol–water partition coefficient (Wildman–Crippen LogP) is 3.52. The smallest absolute Gasteiger partial charge is 0.227 e. The molecule has 0 radical (unpaired) electrons. The molecule has 1 atom stereocenters. The van der Waals surface area contributed by atoms with Gasteiger partial charge in [0.2, 0.25) is 5.91 Å². The molecule has 0 saturated carbocycles. The summed E-state index contributed by atoms with van der Waals surface area (Å²) in [4.78, 5) is 14.1. The molecule has 1 aromatic rings. The van der Waals surface area contributed by atoms with Crippen molar-refractivity contribution in [1.82, 2.24) is 0 Å². The molecule has 0 N–H and O–H groups in total. The van der Waals surface area contributed by atoms with Crippen molar-refractivity contribution in [2.45, 2.75) is 44.6 Å². The molecule has 6 heteroatoms. The summed E-state index contributed by atoms with van der Waals surface area (Å²) in [5, 5.41) is 0. The molecular formula is C18H29NO4Si. The first-order valence-corrected chi connectivity index (χ1v) is 12.2. The predicted molar refractivity (Wildman–Crippen MR) is 98.4 cm³/mol. The van der Waals surface area contributed by atoms with E-state index in [-0.39, 0.29) is 18.7 Å². The van der Waals surface area contributed by atoms with Gasteiger partial charge in [0.15, 0.2) is 6.79 Å². The van der Waals surface area contributed by atoms with Crippen LogP contribution >= 0.6 is 0 Å². The second kappa shape index (κ2) is 8.64. The molecule has 0 unspecified atom stereocenters. The molecule has 2 rings (SSSR count). The van der Waals surface area contributed by atoms with Gasteiger partial charge in [-0.15, -0.1) is 0 Å². The van der Waals surface area contributed by atoms with Crippen molar-refractivity contribution in [3.05, 3.63) is 24.3 Å². The zero-order valence-corrected chi connectivity index (χ0v) is 16.2. The second-order valence-corrected chi connectivity index (χ2v) is 13.0. The number of carbonyl (C=O) groups excluding carboxylic acids is 1. The number of rotatable bonds is 9. The summed E-state index contributed by atoms with van der Waals surface area (Å²) < 4.78 is 16.7. The third-order valence-corrected chi connectivity index (χ3v) is 5.81. The number of nitrogens with zero attached hydrogens (tertiary/aromatic N) is 1. The highest BCUT2D eigenvalue weighted by molar-refractivity contribution is 6.76. The Morgan fingerprint density at radius 2 is 2.00 bits per heavy atom. The molecule has 0 aromatic heterocycles. The number of anilines is 1. The van der Waals surface area contributed by atoms with Gasteiger partial charge in [0, 0.05) is 28.2 Å². The standard InChI is InChI=1S/C18H29NO4Si/c1-21-13-15-9-10-18(20)19(15)16-7-5-6-8-17(16)23-14-22-11-12-24(2,3)4/h5-8,15H,9-14H2,1-4H3/t15-/m1/s1. The Balaban J connectivity index is 1.98. The monoisotopic (exact) mass is 351 g/mol. The lowest BCUT2D eigenvalue weighted by Gasteiger charge is -2.26. The number of hydrogen-bond acceptors (Lipinski definition) is 4. The number of ether oxygens (including phenoxy) is 3. The zero-order chi connectivity index (χ0) is 17.6. The SMILES string of the molecule is COC[C@H]1CCC(=O)N1c1ccccc1OCOCC[Si](C)(C)C. The molecular weight excluding hydrogens is 322 g/mol. The molecule has 1 aliphatic heterocycles. The second-order valence-electron chi connectivity index (χ2n) is 7.36. The number of amides is 1. The van der Waals surface area contributed by atoms with E-state index in [9.17, 15) is 4.79 Å². The van der Waals surface area contributed by atoms with Gasteiger partial charge in [0.25, 0.3) is 0 Å². The fraction of sp³-hybridized carbons (Fsp3) is 0.611. The summed E-state index contributed by atoms with van der Waals surface area (Å²) in [6.07, 6.45) is 1.36. The summed E-state index contributed by atoms with van der Waals surface area (Å²) in [7, 11) is 0.569. The van der Waals surface area contributed by atoms with Gasteiger partial charge in [-0.2, -0.15) is 0 Å². The van der Waals surface area contributed by atoms with Crippen LogP contribution in [0.25, 0.3) is 0 Å². The normalized spacial score (nSPS) is 18.2. The van der Waals surface area contributed by atoms with E-state index in [1.54, 1.807) is 12.0 Å². The number of para-hydroxylation sites is 2. The minimum atomic E-state index is -1.09. The van der Waals surface area contributed by atoms with Crippen LogP contribution in [0, 0.1) is 0 Å². The van der Waals surface area contributed by atoms with Gasteiger partial charge in [-0.25, -0.2) is 0 Å². The van der Waals surface area contributed by atoms with Crippen LogP contribution in [0.4, 0.5) is 5.69 Å². The molecule has 0 spiro atoms. The van der Waals surface area contributed by atoms with E-state index >= 15 is 0 Å². The molecule has 1 saturated heterocycles. The van der Waals surface area contributed by atoms with Crippen molar-refractivity contribution in [1.29, 1.82) is 0 Å². The van der Waals surface area contributed by atoms with E-state index in [2.05, 4.69) is 19.6 Å². The maximum Gasteiger partial charge on any atom is 0.227 e. The van der Waals surface area contributed by atoms with Crippen LogP contribution in [0.1, 0.15) is 12.8 Å². The Labute approximate surface area is 145 Å². The van der Waals surface area contributed by atoms with Crippen LogP contribution in [0.3, 0.4) is 0 Å². The summed E-state index contributed by atoms with van der Waals surface area (Å²) in [5.41, 5.74) is 0.802. The lowest BCUT2D eigenvalue weighted by atomic mass is 10.2. The first-order chi connectivity index (χ1) is 11.4. The fourth-order valence-corrected chi connectivity index (χ4v) is 3.50. The Bertz CT molecular complexity index is 544. The number of hydrogen-bond donors (Lipinski definition) is 0. The van der Waals surface area contributed by atoms with Gasteiger partial charge in [-0.3, -0.25) is 4.79 Å². The molecule has 1 amide bonds. The zero-order valence-electron chi connectivity index (χ0n) is 15.2. The third-order valence-electron chi connectivity index (χ3n) is 4.10. The average Bonchev–Trinajstić information content (AvgIpc) is 2.87. The Hall–Kier alpha value is -1.37. The highest BCUT2D eigenvalue weighted by atomic mass is 28.3. The highest BCUT2D eigenvalue weighted by Crippen LogP contribution is 2.34. The van der Waals surface area contributed by atoms with Gasteiger partial charge < -0.3 is 19.1 Å². The largest absolute Gasteiger partial charge is 0.465 e. The van der Waals surface area contributed by atoms with Crippen molar-refractivity contribution in [2.24, 2.45) is 0 Å². The molecule has 5 nitrogen and oxygen atoms in total. The number of benzene rings is 1. The minimum Gasteiger partial charge on any atom is -0.465 e. The first kappa shape index (κ1) is 19.0. The highest BCUT2D eigenvalue weighted by Gasteiger charge is 2.33. The average molecular weight is 352 g/mol. The van der Waals surface area contributed by atoms with Crippen molar-refractivity contribution in [3.63, 3.8) is 0 Å². The van der Waals surface area contributed by atoms with Crippen molar-refractivity contribution >= 4 is 19.7 Å². The Morgan fingerprint density at radius 1 is 1.25 bits per heavy atom. The molecule has 24 heavy (non-hydrogen) atoms. The van der Waals surface area contributed by atoms with Gasteiger partial charge >= 0.3 is 0 Å². The molecule has 1 fully saturated rings. The van der Waals surface area contributed by atoms with Crippen LogP contribution in [-0.4, -0.2) is 47.1 Å². The van der Waals surface area contributed by atoms with Crippen LogP contribution < -0.4 is 9.64 Å². The summed E-state index contributed by atoms with van der Waals surface area (Å²) in [6, 6.07) is 8.81.